The summed E-state index contributed by atoms with van der Waals surface area (Å²) in [5, 5.41) is 0.978. The first-order chi connectivity index (χ1) is 9.06. The number of nitrogens with one attached hydrogen (secondary N) is 1. The largest absolute Gasteiger partial charge is 0.308 e. The van der Waals surface area contributed by atoms with E-state index >= 15 is 0 Å². The van der Waals surface area contributed by atoms with Crippen LogP contribution in [-0.4, -0.2) is 9.97 Å². The summed E-state index contributed by atoms with van der Waals surface area (Å²) in [5.41, 5.74) is 5.32. The normalized spacial score (nSPS) is 10.6. The number of halogens is 2. The van der Waals surface area contributed by atoms with E-state index in [1.807, 2.05) is 19.9 Å². The molecule has 0 aliphatic carbocycles. The van der Waals surface area contributed by atoms with Crippen LogP contribution in [0.4, 0.5) is 5.82 Å². The maximum atomic E-state index is 6.01. The van der Waals surface area contributed by atoms with Crippen molar-refractivity contribution >= 4 is 29.0 Å². The number of anilines is 1. The van der Waals surface area contributed by atoms with Gasteiger partial charge in [0.2, 0.25) is 0 Å². The van der Waals surface area contributed by atoms with Crippen molar-refractivity contribution in [1.29, 1.82) is 0 Å². The number of nitrogens with two attached hydrogens (primary N) is 1. The van der Waals surface area contributed by atoms with Gasteiger partial charge >= 0.3 is 0 Å². The third-order valence-corrected chi connectivity index (χ3v) is 3.62. The molecule has 4 nitrogen and oxygen atoms in total. The lowest BCUT2D eigenvalue weighted by Crippen LogP contribution is -2.13. The van der Waals surface area contributed by atoms with Gasteiger partial charge < -0.3 is 5.43 Å². The van der Waals surface area contributed by atoms with Crippen molar-refractivity contribution in [3.63, 3.8) is 0 Å². The third kappa shape index (κ3) is 2.81. The van der Waals surface area contributed by atoms with Crippen LogP contribution in [0.1, 0.15) is 18.2 Å². The van der Waals surface area contributed by atoms with Gasteiger partial charge in [-0.05, 0) is 31.5 Å². The van der Waals surface area contributed by atoms with E-state index in [0.29, 0.717) is 21.7 Å². The van der Waals surface area contributed by atoms with Crippen LogP contribution in [0.5, 0.6) is 0 Å². The Morgan fingerprint density at radius 1 is 1.21 bits per heavy atom. The number of hydrogen-bond acceptors (Lipinski definition) is 4. The minimum Gasteiger partial charge on any atom is -0.308 e. The van der Waals surface area contributed by atoms with Crippen LogP contribution < -0.4 is 11.3 Å². The van der Waals surface area contributed by atoms with Crippen molar-refractivity contribution < 1.29 is 0 Å². The first kappa shape index (κ1) is 14.1. The molecule has 0 bridgehead atoms. The van der Waals surface area contributed by atoms with Crippen molar-refractivity contribution in [2.75, 3.05) is 5.43 Å². The molecule has 2 aromatic rings. The third-order valence-electron chi connectivity index (χ3n) is 2.88. The van der Waals surface area contributed by atoms with Crippen molar-refractivity contribution in [2.24, 2.45) is 5.84 Å². The Morgan fingerprint density at radius 2 is 1.95 bits per heavy atom. The van der Waals surface area contributed by atoms with Gasteiger partial charge in [-0.15, -0.1) is 0 Å². The van der Waals surface area contributed by atoms with E-state index in [1.165, 1.54) is 0 Å². The zero-order valence-electron chi connectivity index (χ0n) is 10.7. The molecule has 6 heteroatoms. The molecule has 0 spiro atoms. The topological polar surface area (TPSA) is 63.8 Å². The molecule has 3 N–H and O–H groups in total. The minimum atomic E-state index is 0.474. The average molecular weight is 297 g/mol. The molecule has 1 heterocycles. The molecule has 0 aliphatic rings. The maximum Gasteiger partial charge on any atom is 0.161 e. The van der Waals surface area contributed by atoms with Gasteiger partial charge in [-0.3, -0.25) is 0 Å². The molecule has 19 heavy (non-hydrogen) atoms. The molecule has 0 saturated heterocycles. The lowest BCUT2D eigenvalue weighted by Gasteiger charge is -2.11. The molecule has 0 saturated carbocycles. The Balaban J connectivity index is 2.56. The second kappa shape index (κ2) is 5.74. The van der Waals surface area contributed by atoms with E-state index in [9.17, 15) is 0 Å². The molecule has 0 unspecified atom stereocenters. The van der Waals surface area contributed by atoms with Crippen LogP contribution in [0, 0.1) is 6.92 Å². The zero-order chi connectivity index (χ0) is 14.0. The highest BCUT2D eigenvalue weighted by molar-refractivity contribution is 6.42. The van der Waals surface area contributed by atoms with Gasteiger partial charge in [0.05, 0.1) is 10.0 Å². The van der Waals surface area contributed by atoms with E-state index in [4.69, 9.17) is 29.0 Å². The van der Waals surface area contributed by atoms with Gasteiger partial charge in [0, 0.05) is 16.8 Å². The fraction of sp³-hybridized carbons (Fsp3) is 0.231. The predicted molar refractivity (Wildman–Crippen MR) is 79.4 cm³/mol. The summed E-state index contributed by atoms with van der Waals surface area (Å²) >= 11 is 11.9. The van der Waals surface area contributed by atoms with E-state index in [1.54, 1.807) is 12.1 Å². The highest BCUT2D eigenvalue weighted by atomic mass is 35.5. The van der Waals surface area contributed by atoms with Crippen molar-refractivity contribution in [3.05, 3.63) is 39.5 Å². The quantitative estimate of drug-likeness (QED) is 0.671. The first-order valence-electron chi connectivity index (χ1n) is 5.86. The van der Waals surface area contributed by atoms with E-state index < -0.39 is 0 Å². The highest BCUT2D eigenvalue weighted by Crippen LogP contribution is 2.28. The first-order valence-corrected chi connectivity index (χ1v) is 6.62. The summed E-state index contributed by atoms with van der Waals surface area (Å²) in [6.07, 6.45) is 0.813. The number of benzene rings is 1. The zero-order valence-corrected chi connectivity index (χ0v) is 12.2. The van der Waals surface area contributed by atoms with Crippen LogP contribution in [0.3, 0.4) is 0 Å². The minimum absolute atomic E-state index is 0.474. The van der Waals surface area contributed by atoms with Crippen molar-refractivity contribution in [3.8, 4) is 11.4 Å². The summed E-state index contributed by atoms with van der Waals surface area (Å²) in [4.78, 5) is 8.90. The summed E-state index contributed by atoms with van der Waals surface area (Å²) in [6.45, 7) is 3.97. The van der Waals surface area contributed by atoms with Gasteiger partial charge in [-0.2, -0.15) is 0 Å². The number of aryl methyl sites for hydroxylation is 1. The lowest BCUT2D eigenvalue weighted by atomic mass is 10.1. The van der Waals surface area contributed by atoms with Crippen molar-refractivity contribution in [1.82, 2.24) is 9.97 Å². The van der Waals surface area contributed by atoms with Gasteiger partial charge in [-0.25, -0.2) is 15.8 Å². The fourth-order valence-electron chi connectivity index (χ4n) is 1.90. The van der Waals surface area contributed by atoms with E-state index in [2.05, 4.69) is 15.4 Å². The number of nitrogen functional groups attached to an aromatic ring is 1. The number of hydrogen-bond donors (Lipinski definition) is 2. The Labute approximate surface area is 121 Å². The van der Waals surface area contributed by atoms with Crippen LogP contribution >= 0.6 is 23.2 Å². The fourth-order valence-corrected chi connectivity index (χ4v) is 2.20. The molecule has 0 atom stereocenters. The molecular formula is C13H14Cl2N4. The van der Waals surface area contributed by atoms with Crippen LogP contribution in [0.2, 0.25) is 10.0 Å². The van der Waals surface area contributed by atoms with Gasteiger partial charge in [0.15, 0.2) is 5.82 Å². The molecular weight excluding hydrogens is 283 g/mol. The Morgan fingerprint density at radius 3 is 2.53 bits per heavy atom. The predicted octanol–water partition coefficient (Wildman–Crippen LogP) is 3.61. The van der Waals surface area contributed by atoms with Crippen molar-refractivity contribution in [2.45, 2.75) is 20.3 Å². The highest BCUT2D eigenvalue weighted by Gasteiger charge is 2.11. The molecule has 100 valence electrons. The SMILES string of the molecule is CCc1c(C)nc(-c2ccc(Cl)c(Cl)c2)nc1NN. The summed E-state index contributed by atoms with van der Waals surface area (Å²) in [6, 6.07) is 5.29. The number of aromatic nitrogens is 2. The van der Waals surface area contributed by atoms with Crippen LogP contribution in [-0.2, 0) is 6.42 Å². The Bertz CT molecular complexity index is 614. The molecule has 1 aromatic carbocycles. The monoisotopic (exact) mass is 296 g/mol. The number of rotatable bonds is 3. The molecule has 2 rings (SSSR count). The molecule has 0 amide bonds. The van der Waals surface area contributed by atoms with Gasteiger partial charge in [-0.1, -0.05) is 30.1 Å². The maximum absolute atomic E-state index is 6.01. The average Bonchev–Trinajstić information content (AvgIpc) is 2.40. The molecule has 0 aliphatic heterocycles. The number of hydrazine groups is 1. The Hall–Kier alpha value is -1.36. The Kier molecular flexibility index (Phi) is 4.24. The van der Waals surface area contributed by atoms with Crippen LogP contribution in [0.15, 0.2) is 18.2 Å². The second-order valence-electron chi connectivity index (χ2n) is 4.09. The van der Waals surface area contributed by atoms with E-state index in [-0.39, 0.29) is 0 Å². The standard InChI is InChI=1S/C13H14Cl2N4/c1-3-9-7(2)17-12(18-13(9)19-16)8-4-5-10(14)11(15)6-8/h4-6H,3,16H2,1-2H3,(H,17,18,19). The summed E-state index contributed by atoms with van der Waals surface area (Å²) < 4.78 is 0. The lowest BCUT2D eigenvalue weighted by molar-refractivity contribution is 0.995. The summed E-state index contributed by atoms with van der Waals surface area (Å²) in [5.74, 6) is 6.71. The van der Waals surface area contributed by atoms with Gasteiger partial charge in [0.1, 0.15) is 5.82 Å². The molecule has 0 radical (unpaired) electrons. The molecule has 0 fully saturated rings. The second-order valence-corrected chi connectivity index (χ2v) is 4.90. The smallest absolute Gasteiger partial charge is 0.161 e. The van der Waals surface area contributed by atoms with Gasteiger partial charge in [0.25, 0.3) is 0 Å². The van der Waals surface area contributed by atoms with E-state index in [0.717, 1.165) is 23.2 Å². The van der Waals surface area contributed by atoms with Crippen LogP contribution in [0.25, 0.3) is 11.4 Å². The summed E-state index contributed by atoms with van der Waals surface area (Å²) in [7, 11) is 0. The number of nitrogens with zero attached hydrogens (tertiary/aromatic N) is 2. The molecule has 1 aromatic heterocycles.